The summed E-state index contributed by atoms with van der Waals surface area (Å²) in [6.45, 7) is 9.57. The van der Waals surface area contributed by atoms with Gasteiger partial charge in [-0.2, -0.15) is 0 Å². The van der Waals surface area contributed by atoms with E-state index in [4.69, 9.17) is 27.9 Å². The van der Waals surface area contributed by atoms with Crippen LogP contribution in [0.25, 0.3) is 0 Å². The Labute approximate surface area is 227 Å². The van der Waals surface area contributed by atoms with Crippen molar-refractivity contribution in [2.75, 3.05) is 0 Å². The molecule has 175 valence electrons. The number of alkyl halides is 2. The summed E-state index contributed by atoms with van der Waals surface area (Å²) in [7, 11) is 0. The van der Waals surface area contributed by atoms with E-state index in [0.717, 1.165) is 24.5 Å². The molecule has 1 radical (unpaired) electrons. The molecule has 3 atom stereocenters. The van der Waals surface area contributed by atoms with Crippen molar-refractivity contribution in [1.29, 1.82) is 0 Å². The van der Waals surface area contributed by atoms with E-state index in [0.29, 0.717) is 0 Å². The van der Waals surface area contributed by atoms with Gasteiger partial charge in [-0.15, -0.1) is 23.2 Å². The number of phenolic OH excluding ortho intramolecular Hbond substituents is 2. The van der Waals surface area contributed by atoms with Crippen LogP contribution in [-0.4, -0.2) is 72.8 Å². The van der Waals surface area contributed by atoms with Crippen LogP contribution in [0.1, 0.15) is 81.0 Å². The third kappa shape index (κ3) is 4.96. The second kappa shape index (κ2) is 10.0. The number of fused-ring (bicyclic) bond motifs is 2. The molecule has 0 aromatic heterocycles. The molecule has 0 bridgehead atoms. The predicted molar refractivity (Wildman–Crippen MR) is 132 cm³/mol. The van der Waals surface area contributed by atoms with Crippen LogP contribution in [0, 0.1) is 0 Å². The van der Waals surface area contributed by atoms with Crippen LogP contribution in [0.4, 0.5) is 0 Å². The predicted octanol–water partition coefficient (Wildman–Crippen LogP) is 5.70. The van der Waals surface area contributed by atoms with Crippen molar-refractivity contribution in [3.63, 3.8) is 0 Å². The first kappa shape index (κ1) is 28.4. The van der Waals surface area contributed by atoms with E-state index in [1.54, 1.807) is 13.8 Å². The monoisotopic (exact) mass is 503 g/mol. The molecule has 1 aromatic rings. The number of ketones is 2. The zero-order valence-electron chi connectivity index (χ0n) is 20.1. The minimum absolute atomic E-state index is 0. The molecule has 0 amide bonds. The van der Waals surface area contributed by atoms with Gasteiger partial charge in [-0.3, -0.25) is 9.59 Å². The van der Waals surface area contributed by atoms with Gasteiger partial charge < -0.3 is 14.9 Å². The summed E-state index contributed by atoms with van der Waals surface area (Å²) in [6.07, 6.45) is 5.74. The molecule has 1 fully saturated rings. The van der Waals surface area contributed by atoms with Crippen LogP contribution in [0.5, 0.6) is 11.5 Å². The summed E-state index contributed by atoms with van der Waals surface area (Å²) in [5.74, 6) is -1.98. The average molecular weight is 504 g/mol. The smallest absolute Gasteiger partial charge is 0.198 e. The molecule has 1 heterocycles. The Morgan fingerprint density at radius 1 is 1.15 bits per heavy atom. The maximum Gasteiger partial charge on any atom is 0.198 e. The number of rotatable bonds is 5. The maximum atomic E-state index is 13.9. The van der Waals surface area contributed by atoms with Gasteiger partial charge in [-0.25, -0.2) is 0 Å². The van der Waals surface area contributed by atoms with Crippen molar-refractivity contribution in [3.8, 4) is 11.5 Å². The van der Waals surface area contributed by atoms with Gasteiger partial charge in [-0.1, -0.05) is 23.3 Å². The minimum atomic E-state index is -1.79. The zero-order valence-corrected chi connectivity index (χ0v) is 23.6. The summed E-state index contributed by atoms with van der Waals surface area (Å²) in [6, 6.07) is 2.21. The van der Waals surface area contributed by atoms with E-state index >= 15 is 0 Å². The number of hydrogen-bond donors (Lipinski definition) is 2. The van der Waals surface area contributed by atoms with Gasteiger partial charge in [0.2, 0.25) is 0 Å². The Bertz CT molecular complexity index is 1030. The van der Waals surface area contributed by atoms with Crippen molar-refractivity contribution >= 4 is 64.3 Å². The Morgan fingerprint density at radius 2 is 1.79 bits per heavy atom. The number of ether oxygens (including phenoxy) is 1. The first-order chi connectivity index (χ1) is 14.7. The average Bonchev–Trinajstić information content (AvgIpc) is 2.67. The Kier molecular flexibility index (Phi) is 8.65. The van der Waals surface area contributed by atoms with Crippen LogP contribution >= 0.6 is 23.2 Å². The van der Waals surface area contributed by atoms with Crippen molar-refractivity contribution in [2.45, 2.75) is 81.8 Å². The van der Waals surface area contributed by atoms with Crippen LogP contribution in [0.3, 0.4) is 0 Å². The first-order valence-corrected chi connectivity index (χ1v) is 11.5. The van der Waals surface area contributed by atoms with E-state index in [1.807, 2.05) is 26.8 Å². The molecule has 3 rings (SSSR count). The van der Waals surface area contributed by atoms with Gasteiger partial charge in [0, 0.05) is 47.6 Å². The molecule has 0 spiro atoms. The van der Waals surface area contributed by atoms with Crippen molar-refractivity contribution in [1.82, 2.24) is 0 Å². The summed E-state index contributed by atoms with van der Waals surface area (Å²) >= 11 is 13.5. The van der Waals surface area contributed by atoms with Gasteiger partial charge in [0.15, 0.2) is 17.2 Å². The summed E-state index contributed by atoms with van der Waals surface area (Å²) in [5.41, 5.74) is -0.680. The number of carbonyl (C=O) groups is 2. The first-order valence-electron chi connectivity index (χ1n) is 10.7. The number of allylic oxidation sites excluding steroid dienone is 3. The van der Waals surface area contributed by atoms with E-state index in [-0.39, 0.29) is 59.3 Å². The van der Waals surface area contributed by atoms with E-state index in [2.05, 4.69) is 6.08 Å². The minimum Gasteiger partial charge on any atom is -0.508 e. The number of hydrogen-bond acceptors (Lipinski definition) is 5. The number of phenols is 2. The van der Waals surface area contributed by atoms with Crippen LogP contribution in [0.2, 0.25) is 0 Å². The quantitative estimate of drug-likeness (QED) is 0.305. The van der Waals surface area contributed by atoms with Crippen LogP contribution < -0.4 is 0 Å². The van der Waals surface area contributed by atoms with E-state index in [9.17, 15) is 19.8 Å². The summed E-state index contributed by atoms with van der Waals surface area (Å²) in [5, 5.41) is 19.7. The Hall–Kier alpha value is -0.820. The van der Waals surface area contributed by atoms with Gasteiger partial charge in [0.25, 0.3) is 0 Å². The second-order valence-corrected chi connectivity index (χ2v) is 10.8. The van der Waals surface area contributed by atoms with Gasteiger partial charge in [0.1, 0.15) is 16.4 Å². The molecule has 8 heteroatoms. The molecule has 1 aliphatic heterocycles. The fourth-order valence-corrected chi connectivity index (χ4v) is 5.31. The number of halogens is 2. The molecular weight excluding hydrogens is 474 g/mol. The standard InChI is InChI=1S/C25H30Cl2O5.Na/c1-14(2)7-6-8-15(3)9-10-25-21(30)17-11-16(28)12-18(29)20(17)22(31)24(25,27)13-19(26)23(4,5)32-25;/h7,9,11-12,19,28-29H,6,8,10,13H2,1-5H3;/b15-9+;. The summed E-state index contributed by atoms with van der Waals surface area (Å²) < 4.78 is 6.34. The normalized spacial score (nSPS) is 28.5. The van der Waals surface area contributed by atoms with Crippen molar-refractivity contribution in [2.24, 2.45) is 0 Å². The number of Topliss-reactive ketones (excluding diaryl/α,β-unsaturated/α-hetero) is 2. The van der Waals surface area contributed by atoms with Gasteiger partial charge in [-0.05, 0) is 59.9 Å². The molecule has 33 heavy (non-hydrogen) atoms. The molecule has 1 aliphatic carbocycles. The fraction of sp³-hybridized carbons (Fsp3) is 0.520. The van der Waals surface area contributed by atoms with Crippen LogP contribution in [-0.2, 0) is 4.74 Å². The zero-order chi connectivity index (χ0) is 24.1. The second-order valence-electron chi connectivity index (χ2n) is 9.63. The molecular formula is C25H30Cl2NaO5. The number of aromatic hydroxyl groups is 2. The molecule has 3 unspecified atom stereocenters. The Morgan fingerprint density at radius 3 is 2.39 bits per heavy atom. The topological polar surface area (TPSA) is 83.8 Å². The van der Waals surface area contributed by atoms with Gasteiger partial charge >= 0.3 is 0 Å². The molecule has 2 aliphatic rings. The largest absolute Gasteiger partial charge is 0.508 e. The van der Waals surface area contributed by atoms with Crippen LogP contribution in [0.15, 0.2) is 35.4 Å². The summed E-state index contributed by atoms with van der Waals surface area (Å²) in [4.78, 5) is 25.7. The molecule has 1 saturated heterocycles. The van der Waals surface area contributed by atoms with E-state index < -0.39 is 38.8 Å². The van der Waals surface area contributed by atoms with Crippen molar-refractivity contribution < 1.29 is 24.5 Å². The van der Waals surface area contributed by atoms with Gasteiger partial charge in [0.05, 0.1) is 16.5 Å². The maximum absolute atomic E-state index is 13.9. The molecule has 0 saturated carbocycles. The number of carbonyl (C=O) groups excluding carboxylic acids is 2. The third-order valence-electron chi connectivity index (χ3n) is 6.42. The molecule has 1 aromatic carbocycles. The molecule has 2 N–H and O–H groups in total. The third-order valence-corrected chi connectivity index (χ3v) is 7.73. The molecule has 5 nitrogen and oxygen atoms in total. The Balaban J connectivity index is 0.00000385. The fourth-order valence-electron chi connectivity index (χ4n) is 4.50. The van der Waals surface area contributed by atoms with E-state index in [1.165, 1.54) is 11.6 Å². The SMILES string of the molecule is CC(C)=CCC/C(C)=C/CC12OC(C)(C)C(Cl)CC1(Cl)C(=O)c1c(O)cc(O)cc1C2=O.[Na]. The number of benzene rings is 1. The van der Waals surface area contributed by atoms with Crippen molar-refractivity contribution in [3.05, 3.63) is 46.6 Å².